The van der Waals surface area contributed by atoms with E-state index in [9.17, 15) is 4.79 Å². The molecule has 0 radical (unpaired) electrons. The number of rotatable bonds is 7. The van der Waals surface area contributed by atoms with Gasteiger partial charge in [-0.1, -0.05) is 0 Å². The lowest BCUT2D eigenvalue weighted by atomic mass is 9.99. The molecule has 7 nitrogen and oxygen atoms in total. The molecule has 0 saturated carbocycles. The van der Waals surface area contributed by atoms with Crippen LogP contribution in [-0.2, 0) is 18.3 Å². The van der Waals surface area contributed by atoms with E-state index in [1.807, 2.05) is 36.9 Å². The fraction of sp³-hybridized carbons (Fsp3) is 0.550. The standard InChI is InChI=1S/C20H29N5O2/c1-4-24(14-19-21-9-11-23(19)2)20(26)17-7-8-18(22-12-17)25-10-5-6-16(13-25)15-27-3/h7-9,11-12,16H,4-6,10,13-15H2,1-3H3. The number of carbonyl (C=O) groups excluding carboxylic acids is 1. The van der Waals surface area contributed by atoms with Crippen molar-refractivity contribution in [1.82, 2.24) is 19.4 Å². The Kier molecular flexibility index (Phi) is 6.45. The van der Waals surface area contributed by atoms with Crippen LogP contribution in [0.5, 0.6) is 0 Å². The number of aryl methyl sites for hydroxylation is 1. The molecule has 3 rings (SSSR count). The average Bonchev–Trinajstić information content (AvgIpc) is 3.11. The second-order valence-electron chi connectivity index (χ2n) is 7.09. The van der Waals surface area contributed by atoms with E-state index >= 15 is 0 Å². The molecule has 0 spiro atoms. The van der Waals surface area contributed by atoms with Crippen LogP contribution in [0, 0.1) is 5.92 Å². The highest BCUT2D eigenvalue weighted by atomic mass is 16.5. The molecule has 146 valence electrons. The molecule has 1 unspecified atom stereocenters. The van der Waals surface area contributed by atoms with Gasteiger partial charge in [-0.15, -0.1) is 0 Å². The number of hydrogen-bond donors (Lipinski definition) is 0. The molecule has 1 fully saturated rings. The minimum Gasteiger partial charge on any atom is -0.384 e. The van der Waals surface area contributed by atoms with Crippen molar-refractivity contribution in [2.75, 3.05) is 38.3 Å². The fourth-order valence-corrected chi connectivity index (χ4v) is 3.57. The number of imidazole rings is 1. The highest BCUT2D eigenvalue weighted by Crippen LogP contribution is 2.22. The van der Waals surface area contributed by atoms with Crippen molar-refractivity contribution < 1.29 is 9.53 Å². The van der Waals surface area contributed by atoms with Crippen molar-refractivity contribution >= 4 is 11.7 Å². The van der Waals surface area contributed by atoms with Crippen molar-refractivity contribution in [3.05, 3.63) is 42.1 Å². The Morgan fingerprint density at radius 1 is 1.37 bits per heavy atom. The van der Waals surface area contributed by atoms with Gasteiger partial charge in [-0.25, -0.2) is 9.97 Å². The summed E-state index contributed by atoms with van der Waals surface area (Å²) in [5.74, 6) is 2.32. The molecule has 2 aromatic heterocycles. The van der Waals surface area contributed by atoms with Gasteiger partial charge in [0.2, 0.25) is 0 Å². The maximum atomic E-state index is 12.9. The van der Waals surface area contributed by atoms with E-state index in [4.69, 9.17) is 4.74 Å². The lowest BCUT2D eigenvalue weighted by molar-refractivity contribution is 0.0747. The molecule has 3 heterocycles. The molecule has 1 atom stereocenters. The van der Waals surface area contributed by atoms with E-state index in [0.717, 1.165) is 37.8 Å². The van der Waals surface area contributed by atoms with Gasteiger partial charge in [0.1, 0.15) is 11.6 Å². The Morgan fingerprint density at radius 2 is 2.22 bits per heavy atom. The summed E-state index contributed by atoms with van der Waals surface area (Å²) in [6, 6.07) is 3.84. The molecule has 0 aliphatic carbocycles. The summed E-state index contributed by atoms with van der Waals surface area (Å²) in [5, 5.41) is 0. The third kappa shape index (κ3) is 4.66. The Balaban J connectivity index is 1.66. The molecule has 0 aromatic carbocycles. The predicted octanol–water partition coefficient (Wildman–Crippen LogP) is 2.34. The molecule has 0 bridgehead atoms. The van der Waals surface area contributed by atoms with Crippen LogP contribution in [0.3, 0.4) is 0 Å². The summed E-state index contributed by atoms with van der Waals surface area (Å²) >= 11 is 0. The molecule has 2 aromatic rings. The molecule has 27 heavy (non-hydrogen) atoms. The first-order valence-corrected chi connectivity index (χ1v) is 9.57. The van der Waals surface area contributed by atoms with Crippen LogP contribution in [0.4, 0.5) is 5.82 Å². The molecular weight excluding hydrogens is 342 g/mol. The monoisotopic (exact) mass is 371 g/mol. The number of aromatic nitrogens is 3. The van der Waals surface area contributed by atoms with Crippen LogP contribution in [-0.4, -0.2) is 58.7 Å². The Hall–Kier alpha value is -2.41. The molecule has 0 N–H and O–H groups in total. The Labute approximate surface area is 161 Å². The van der Waals surface area contributed by atoms with Gasteiger partial charge in [0.15, 0.2) is 0 Å². The predicted molar refractivity (Wildman–Crippen MR) is 105 cm³/mol. The largest absolute Gasteiger partial charge is 0.384 e. The average molecular weight is 371 g/mol. The number of hydrogen-bond acceptors (Lipinski definition) is 5. The van der Waals surface area contributed by atoms with Crippen molar-refractivity contribution in [3.8, 4) is 0 Å². The van der Waals surface area contributed by atoms with E-state index < -0.39 is 0 Å². The highest BCUT2D eigenvalue weighted by molar-refractivity contribution is 5.94. The number of piperidine rings is 1. The SMILES string of the molecule is CCN(Cc1nccn1C)C(=O)c1ccc(N2CCCC(COC)C2)nc1. The number of anilines is 1. The summed E-state index contributed by atoms with van der Waals surface area (Å²) in [6.45, 7) is 5.83. The first-order chi connectivity index (χ1) is 13.1. The molecule has 1 amide bonds. The molecular formula is C20H29N5O2. The van der Waals surface area contributed by atoms with E-state index in [1.54, 1.807) is 24.4 Å². The quantitative estimate of drug-likeness (QED) is 0.748. The zero-order chi connectivity index (χ0) is 19.2. The van der Waals surface area contributed by atoms with Gasteiger partial charge < -0.3 is 19.1 Å². The Morgan fingerprint density at radius 3 is 2.85 bits per heavy atom. The Bertz CT molecular complexity index is 741. The summed E-state index contributed by atoms with van der Waals surface area (Å²) in [4.78, 5) is 25.8. The van der Waals surface area contributed by atoms with Gasteiger partial charge in [0.25, 0.3) is 5.91 Å². The summed E-state index contributed by atoms with van der Waals surface area (Å²) in [7, 11) is 3.69. The number of carbonyl (C=O) groups is 1. The first kappa shape index (κ1) is 19.4. The van der Waals surface area contributed by atoms with E-state index in [0.29, 0.717) is 24.6 Å². The summed E-state index contributed by atoms with van der Waals surface area (Å²) in [6.07, 6.45) is 7.67. The molecule has 1 aliphatic heterocycles. The van der Waals surface area contributed by atoms with Gasteiger partial charge in [-0.2, -0.15) is 0 Å². The number of nitrogens with zero attached hydrogens (tertiary/aromatic N) is 5. The minimum absolute atomic E-state index is 0.0181. The maximum Gasteiger partial charge on any atom is 0.255 e. The second-order valence-corrected chi connectivity index (χ2v) is 7.09. The lowest BCUT2D eigenvalue weighted by Gasteiger charge is -2.33. The van der Waals surface area contributed by atoms with Crippen molar-refractivity contribution in [2.45, 2.75) is 26.3 Å². The first-order valence-electron chi connectivity index (χ1n) is 9.57. The zero-order valence-electron chi connectivity index (χ0n) is 16.5. The topological polar surface area (TPSA) is 63.5 Å². The number of methoxy groups -OCH3 is 1. The summed E-state index contributed by atoms with van der Waals surface area (Å²) < 4.78 is 7.24. The maximum absolute atomic E-state index is 12.9. The minimum atomic E-state index is -0.0181. The smallest absolute Gasteiger partial charge is 0.255 e. The van der Waals surface area contributed by atoms with Crippen LogP contribution in [0.25, 0.3) is 0 Å². The van der Waals surface area contributed by atoms with Crippen LogP contribution < -0.4 is 4.90 Å². The zero-order valence-corrected chi connectivity index (χ0v) is 16.5. The van der Waals surface area contributed by atoms with Gasteiger partial charge in [-0.05, 0) is 37.8 Å². The molecule has 7 heteroatoms. The third-order valence-corrected chi connectivity index (χ3v) is 5.16. The highest BCUT2D eigenvalue weighted by Gasteiger charge is 2.22. The van der Waals surface area contributed by atoms with E-state index in [-0.39, 0.29) is 5.91 Å². The van der Waals surface area contributed by atoms with Crippen LogP contribution in [0.2, 0.25) is 0 Å². The van der Waals surface area contributed by atoms with Gasteiger partial charge in [0.05, 0.1) is 18.7 Å². The van der Waals surface area contributed by atoms with Crippen molar-refractivity contribution in [1.29, 1.82) is 0 Å². The molecule has 1 aliphatic rings. The van der Waals surface area contributed by atoms with E-state index in [1.165, 1.54) is 6.42 Å². The van der Waals surface area contributed by atoms with Gasteiger partial charge in [0, 0.05) is 52.4 Å². The van der Waals surface area contributed by atoms with Crippen LogP contribution in [0.1, 0.15) is 35.9 Å². The van der Waals surface area contributed by atoms with Crippen molar-refractivity contribution in [2.24, 2.45) is 13.0 Å². The van der Waals surface area contributed by atoms with Crippen LogP contribution in [0.15, 0.2) is 30.7 Å². The van der Waals surface area contributed by atoms with Crippen LogP contribution >= 0.6 is 0 Å². The van der Waals surface area contributed by atoms with E-state index in [2.05, 4.69) is 14.9 Å². The molecule has 1 saturated heterocycles. The summed E-state index contributed by atoms with van der Waals surface area (Å²) in [5.41, 5.74) is 0.611. The normalized spacial score (nSPS) is 17.1. The lowest BCUT2D eigenvalue weighted by Crippen LogP contribution is -2.37. The van der Waals surface area contributed by atoms with Crippen molar-refractivity contribution in [3.63, 3.8) is 0 Å². The van der Waals surface area contributed by atoms with Gasteiger partial charge in [-0.3, -0.25) is 4.79 Å². The number of pyridine rings is 1. The number of amides is 1. The second kappa shape index (κ2) is 8.99. The van der Waals surface area contributed by atoms with Gasteiger partial charge >= 0.3 is 0 Å². The number of ether oxygens (including phenoxy) is 1. The third-order valence-electron chi connectivity index (χ3n) is 5.16. The fourth-order valence-electron chi connectivity index (χ4n) is 3.57.